The van der Waals surface area contributed by atoms with Gasteiger partial charge >= 0.3 is 5.97 Å². The Bertz CT molecular complexity index is 651. The molecule has 108 valence electrons. The van der Waals surface area contributed by atoms with Gasteiger partial charge in [0.05, 0.1) is 11.5 Å². The number of carboxylic acids is 1. The molecule has 1 aliphatic rings. The van der Waals surface area contributed by atoms with Crippen molar-refractivity contribution < 1.29 is 23.1 Å². The first kappa shape index (κ1) is 14.9. The zero-order valence-corrected chi connectivity index (χ0v) is 12.0. The van der Waals surface area contributed by atoms with Crippen molar-refractivity contribution in [3.63, 3.8) is 0 Å². The number of sulfone groups is 1. The van der Waals surface area contributed by atoms with Gasteiger partial charge in [-0.3, -0.25) is 0 Å². The van der Waals surface area contributed by atoms with Crippen LogP contribution in [-0.2, 0) is 14.6 Å². The molecule has 1 N–H and O–H groups in total. The third-order valence-electron chi connectivity index (χ3n) is 2.86. The van der Waals surface area contributed by atoms with Crippen LogP contribution < -0.4 is 4.74 Å². The highest BCUT2D eigenvalue weighted by molar-refractivity contribution is 7.91. The minimum absolute atomic E-state index is 0.0162. The molecule has 0 bridgehead atoms. The maximum atomic E-state index is 11.4. The summed E-state index contributed by atoms with van der Waals surface area (Å²) in [7, 11) is -3.03. The first-order valence-electron chi connectivity index (χ1n) is 5.93. The number of ether oxygens (including phenoxy) is 1. The maximum Gasteiger partial charge on any atom is 0.328 e. The summed E-state index contributed by atoms with van der Waals surface area (Å²) in [5.41, 5.74) is 0.504. The van der Waals surface area contributed by atoms with E-state index in [0.29, 0.717) is 22.8 Å². The van der Waals surface area contributed by atoms with Crippen LogP contribution in [0.25, 0.3) is 6.08 Å². The van der Waals surface area contributed by atoms with Crippen molar-refractivity contribution in [1.82, 2.24) is 0 Å². The van der Waals surface area contributed by atoms with Gasteiger partial charge in [-0.05, 0) is 30.7 Å². The SMILES string of the molecule is O=C(O)/C=C/c1cc(Cl)ccc1OC1CCS(=O)(=O)C1. The molecular formula is C13H13ClO5S. The number of carboxylic acid groups (broad SMARTS) is 1. The van der Waals surface area contributed by atoms with Crippen molar-refractivity contribution in [1.29, 1.82) is 0 Å². The lowest BCUT2D eigenvalue weighted by Gasteiger charge is -2.14. The van der Waals surface area contributed by atoms with E-state index in [1.54, 1.807) is 18.2 Å². The summed E-state index contributed by atoms with van der Waals surface area (Å²) in [6.45, 7) is 0. The Labute approximate surface area is 121 Å². The molecule has 0 aliphatic carbocycles. The highest BCUT2D eigenvalue weighted by Crippen LogP contribution is 2.27. The molecule has 1 aromatic carbocycles. The number of aliphatic carboxylic acids is 1. The first-order valence-corrected chi connectivity index (χ1v) is 8.13. The number of benzene rings is 1. The van der Waals surface area contributed by atoms with Crippen molar-refractivity contribution in [2.24, 2.45) is 0 Å². The lowest BCUT2D eigenvalue weighted by Crippen LogP contribution is -2.18. The van der Waals surface area contributed by atoms with Crippen LogP contribution in [0.5, 0.6) is 5.75 Å². The molecule has 0 aromatic heterocycles. The van der Waals surface area contributed by atoms with Gasteiger partial charge in [0.2, 0.25) is 0 Å². The minimum Gasteiger partial charge on any atom is -0.489 e. The summed E-state index contributed by atoms with van der Waals surface area (Å²) in [6, 6.07) is 4.78. The van der Waals surface area contributed by atoms with Gasteiger partial charge in [-0.15, -0.1) is 0 Å². The molecule has 1 saturated heterocycles. The summed E-state index contributed by atoms with van der Waals surface area (Å²) in [5.74, 6) is -0.558. The molecule has 20 heavy (non-hydrogen) atoms. The predicted octanol–water partition coefficient (Wildman–Crippen LogP) is 2.00. The van der Waals surface area contributed by atoms with Gasteiger partial charge in [-0.1, -0.05) is 11.6 Å². The predicted molar refractivity (Wildman–Crippen MR) is 75.8 cm³/mol. The smallest absolute Gasteiger partial charge is 0.328 e. The van der Waals surface area contributed by atoms with E-state index in [9.17, 15) is 13.2 Å². The first-order chi connectivity index (χ1) is 9.35. The van der Waals surface area contributed by atoms with Gasteiger partial charge in [0.25, 0.3) is 0 Å². The maximum absolute atomic E-state index is 11.4. The molecule has 5 nitrogen and oxygen atoms in total. The summed E-state index contributed by atoms with van der Waals surface area (Å²) in [4.78, 5) is 10.6. The normalized spacial score (nSPS) is 21.1. The Hall–Kier alpha value is -1.53. The van der Waals surface area contributed by atoms with Crippen molar-refractivity contribution in [2.45, 2.75) is 12.5 Å². The zero-order valence-electron chi connectivity index (χ0n) is 10.5. The van der Waals surface area contributed by atoms with Crippen molar-refractivity contribution in [3.8, 4) is 5.75 Å². The molecule has 1 unspecified atom stereocenters. The number of hydrogen-bond acceptors (Lipinski definition) is 4. The molecule has 7 heteroatoms. The number of halogens is 1. The fraction of sp³-hybridized carbons (Fsp3) is 0.308. The van der Waals surface area contributed by atoms with Crippen LogP contribution in [0, 0.1) is 0 Å². The highest BCUT2D eigenvalue weighted by atomic mass is 35.5. The van der Waals surface area contributed by atoms with E-state index in [2.05, 4.69) is 0 Å². The van der Waals surface area contributed by atoms with Crippen molar-refractivity contribution in [3.05, 3.63) is 34.9 Å². The summed E-state index contributed by atoms with van der Waals surface area (Å²) >= 11 is 5.86. The lowest BCUT2D eigenvalue weighted by atomic mass is 10.2. The fourth-order valence-electron chi connectivity index (χ4n) is 1.95. The Kier molecular flexibility index (Phi) is 4.35. The van der Waals surface area contributed by atoms with E-state index in [0.717, 1.165) is 6.08 Å². The van der Waals surface area contributed by atoms with Crippen LogP contribution in [0.15, 0.2) is 24.3 Å². The monoisotopic (exact) mass is 316 g/mol. The third kappa shape index (κ3) is 3.98. The van der Waals surface area contributed by atoms with E-state index in [1.165, 1.54) is 6.08 Å². The third-order valence-corrected chi connectivity index (χ3v) is 4.83. The second-order valence-electron chi connectivity index (χ2n) is 4.50. The average molecular weight is 317 g/mol. The molecule has 0 radical (unpaired) electrons. The second-order valence-corrected chi connectivity index (χ2v) is 7.16. The van der Waals surface area contributed by atoms with E-state index in [1.807, 2.05) is 0 Å². The van der Waals surface area contributed by atoms with E-state index in [4.69, 9.17) is 21.4 Å². The van der Waals surface area contributed by atoms with Gasteiger partial charge in [-0.2, -0.15) is 0 Å². The molecular weight excluding hydrogens is 304 g/mol. The van der Waals surface area contributed by atoms with Gasteiger partial charge < -0.3 is 9.84 Å². The van der Waals surface area contributed by atoms with Gasteiger partial charge in [0.15, 0.2) is 9.84 Å². The van der Waals surface area contributed by atoms with Gasteiger partial charge in [-0.25, -0.2) is 13.2 Å². The second kappa shape index (κ2) is 5.85. The molecule has 0 spiro atoms. The number of carbonyl (C=O) groups is 1. The van der Waals surface area contributed by atoms with Crippen molar-refractivity contribution >= 4 is 33.5 Å². The summed E-state index contributed by atoms with van der Waals surface area (Å²) in [5, 5.41) is 9.09. The topological polar surface area (TPSA) is 80.7 Å². The number of rotatable bonds is 4. The Morgan fingerprint density at radius 1 is 1.45 bits per heavy atom. The fourth-order valence-corrected chi connectivity index (χ4v) is 3.72. The Morgan fingerprint density at radius 3 is 2.80 bits per heavy atom. The molecule has 0 saturated carbocycles. The van der Waals surface area contributed by atoms with Crippen LogP contribution in [0.2, 0.25) is 5.02 Å². The van der Waals surface area contributed by atoms with Gasteiger partial charge in [0, 0.05) is 16.7 Å². The Balaban J connectivity index is 2.21. The lowest BCUT2D eigenvalue weighted by molar-refractivity contribution is -0.131. The molecule has 1 atom stereocenters. The van der Waals surface area contributed by atoms with Crippen LogP contribution in [0.1, 0.15) is 12.0 Å². The molecule has 1 heterocycles. The largest absolute Gasteiger partial charge is 0.489 e. The average Bonchev–Trinajstić information content (AvgIpc) is 2.69. The Morgan fingerprint density at radius 2 is 2.20 bits per heavy atom. The molecule has 0 amide bonds. The minimum atomic E-state index is -3.03. The number of hydrogen-bond donors (Lipinski definition) is 1. The zero-order chi connectivity index (χ0) is 14.8. The molecule has 1 fully saturated rings. The van der Waals surface area contributed by atoms with Crippen LogP contribution in [-0.4, -0.2) is 37.1 Å². The molecule has 2 rings (SSSR count). The van der Waals surface area contributed by atoms with Crippen LogP contribution in [0.4, 0.5) is 0 Å². The highest BCUT2D eigenvalue weighted by Gasteiger charge is 2.29. The van der Waals surface area contributed by atoms with E-state index >= 15 is 0 Å². The van der Waals surface area contributed by atoms with Crippen LogP contribution >= 0.6 is 11.6 Å². The van der Waals surface area contributed by atoms with E-state index < -0.39 is 21.9 Å². The molecule has 1 aliphatic heterocycles. The molecule has 1 aromatic rings. The van der Waals surface area contributed by atoms with Crippen LogP contribution in [0.3, 0.4) is 0 Å². The van der Waals surface area contributed by atoms with Gasteiger partial charge in [0.1, 0.15) is 11.9 Å². The van der Waals surface area contributed by atoms with Crippen molar-refractivity contribution in [2.75, 3.05) is 11.5 Å². The standard InChI is InChI=1S/C13H13ClO5S/c14-10-2-3-12(9(7-10)1-4-13(15)16)19-11-5-6-20(17,18)8-11/h1-4,7,11H,5-6,8H2,(H,15,16)/b4-1+. The summed E-state index contributed by atoms with van der Waals surface area (Å²) in [6.07, 6.45) is 2.38. The van der Waals surface area contributed by atoms with E-state index in [-0.39, 0.29) is 11.5 Å². The quantitative estimate of drug-likeness (QED) is 0.859. The summed E-state index contributed by atoms with van der Waals surface area (Å²) < 4.78 is 28.4.